The summed E-state index contributed by atoms with van der Waals surface area (Å²) in [5, 5.41) is 2.93. The first-order valence-corrected chi connectivity index (χ1v) is 6.22. The third kappa shape index (κ3) is 3.96. The summed E-state index contributed by atoms with van der Waals surface area (Å²) in [6.07, 6.45) is 1.64. The molecule has 0 aromatic carbocycles. The lowest BCUT2D eigenvalue weighted by atomic mass is 10.5. The van der Waals surface area contributed by atoms with E-state index in [2.05, 4.69) is 20.3 Å². The van der Waals surface area contributed by atoms with E-state index in [1.807, 2.05) is 6.92 Å². The fourth-order valence-corrected chi connectivity index (χ4v) is 1.28. The Hall–Kier alpha value is -0.950. The Morgan fingerprint density at radius 1 is 1.53 bits per heavy atom. The number of nitrogens with one attached hydrogen (secondary N) is 1. The van der Waals surface area contributed by atoms with E-state index >= 15 is 0 Å². The first-order valence-electron chi connectivity index (χ1n) is 4.22. The van der Waals surface area contributed by atoms with Crippen molar-refractivity contribution in [2.45, 2.75) is 12.2 Å². The van der Waals surface area contributed by atoms with Gasteiger partial charge in [-0.3, -0.25) is 4.21 Å². The topological polar surface area (TPSA) is 93.8 Å². The molecule has 0 radical (unpaired) electrons. The molecule has 6 nitrogen and oxygen atoms in total. The Labute approximate surface area is 95.1 Å². The maximum Gasteiger partial charge on any atom is 0.228 e. The molecule has 0 bridgehead atoms. The van der Waals surface area contributed by atoms with Crippen molar-refractivity contribution in [3.63, 3.8) is 0 Å². The van der Waals surface area contributed by atoms with Crippen LogP contribution < -0.4 is 11.1 Å². The Balaban J connectivity index is 2.61. The van der Waals surface area contributed by atoms with Crippen molar-refractivity contribution in [3.8, 4) is 0 Å². The van der Waals surface area contributed by atoms with Crippen molar-refractivity contribution in [1.29, 1.82) is 0 Å². The van der Waals surface area contributed by atoms with Gasteiger partial charge in [0, 0.05) is 28.9 Å². The molecule has 8 heteroatoms. The summed E-state index contributed by atoms with van der Waals surface area (Å²) in [4.78, 5) is 11.3. The van der Waals surface area contributed by atoms with Crippen molar-refractivity contribution in [1.82, 2.24) is 15.0 Å². The highest BCUT2D eigenvalue weighted by molar-refractivity contribution is 7.84. The number of anilines is 2. The van der Waals surface area contributed by atoms with Crippen LogP contribution in [0, 0.1) is 0 Å². The largest absolute Gasteiger partial charge is 0.368 e. The summed E-state index contributed by atoms with van der Waals surface area (Å²) < 4.78 is 11.1. The normalized spacial score (nSPS) is 14.6. The maximum absolute atomic E-state index is 11.1. The van der Waals surface area contributed by atoms with Crippen LogP contribution in [0.1, 0.15) is 6.92 Å². The Morgan fingerprint density at radius 3 is 2.73 bits per heavy atom. The van der Waals surface area contributed by atoms with Gasteiger partial charge in [-0.1, -0.05) is 0 Å². The lowest BCUT2D eigenvalue weighted by Crippen LogP contribution is -2.22. The fraction of sp³-hybridized carbons (Fsp3) is 0.571. The molecule has 84 valence electrons. The van der Waals surface area contributed by atoms with Gasteiger partial charge < -0.3 is 11.1 Å². The van der Waals surface area contributed by atoms with Crippen molar-refractivity contribution >= 4 is 34.3 Å². The summed E-state index contributed by atoms with van der Waals surface area (Å²) >= 11 is 5.59. The first-order chi connectivity index (χ1) is 6.99. The molecule has 0 saturated heterocycles. The molecule has 1 aromatic rings. The summed E-state index contributed by atoms with van der Waals surface area (Å²) in [6.45, 7) is 2.35. The minimum absolute atomic E-state index is 0.00163. The van der Waals surface area contributed by atoms with Crippen LogP contribution in [0.5, 0.6) is 0 Å². The highest BCUT2D eigenvalue weighted by atomic mass is 35.5. The Bertz CT molecular complexity index is 354. The van der Waals surface area contributed by atoms with E-state index in [1.54, 1.807) is 6.26 Å². The number of nitrogens with two attached hydrogens (primary N) is 1. The zero-order valence-electron chi connectivity index (χ0n) is 8.40. The highest BCUT2D eigenvalue weighted by Gasteiger charge is 2.07. The third-order valence-corrected chi connectivity index (χ3v) is 3.21. The number of hydrogen-bond acceptors (Lipinski definition) is 6. The molecular formula is C7H12ClN5OS. The van der Waals surface area contributed by atoms with Gasteiger partial charge in [-0.2, -0.15) is 15.0 Å². The number of rotatable bonds is 4. The van der Waals surface area contributed by atoms with E-state index in [4.69, 9.17) is 17.3 Å². The van der Waals surface area contributed by atoms with Gasteiger partial charge in [0.25, 0.3) is 0 Å². The second-order valence-electron chi connectivity index (χ2n) is 2.98. The fourth-order valence-electron chi connectivity index (χ4n) is 0.797. The second-order valence-corrected chi connectivity index (χ2v) is 5.12. The van der Waals surface area contributed by atoms with Crippen molar-refractivity contribution in [3.05, 3.63) is 5.28 Å². The first kappa shape index (κ1) is 12.1. The number of aromatic nitrogens is 3. The van der Waals surface area contributed by atoms with Gasteiger partial charge >= 0.3 is 0 Å². The van der Waals surface area contributed by atoms with E-state index in [9.17, 15) is 4.21 Å². The number of halogens is 1. The molecule has 15 heavy (non-hydrogen) atoms. The lowest BCUT2D eigenvalue weighted by molar-refractivity contribution is 0.678. The third-order valence-electron chi connectivity index (χ3n) is 1.74. The molecule has 0 amide bonds. The molecule has 1 rings (SSSR count). The molecule has 1 aromatic heterocycles. The van der Waals surface area contributed by atoms with E-state index in [0.29, 0.717) is 12.5 Å². The predicted molar refractivity (Wildman–Crippen MR) is 61.3 cm³/mol. The molecule has 0 fully saturated rings. The molecule has 2 atom stereocenters. The van der Waals surface area contributed by atoms with Crippen LogP contribution in [-0.4, -0.2) is 37.2 Å². The van der Waals surface area contributed by atoms with Gasteiger partial charge in [0.05, 0.1) is 0 Å². The van der Waals surface area contributed by atoms with E-state index in [0.717, 1.165) is 0 Å². The van der Waals surface area contributed by atoms with Gasteiger partial charge in [0.2, 0.25) is 17.2 Å². The molecule has 0 aliphatic carbocycles. The Morgan fingerprint density at radius 2 is 2.20 bits per heavy atom. The number of hydrogen-bond donors (Lipinski definition) is 2. The monoisotopic (exact) mass is 249 g/mol. The molecule has 2 unspecified atom stereocenters. The van der Waals surface area contributed by atoms with E-state index in [1.165, 1.54) is 0 Å². The van der Waals surface area contributed by atoms with Gasteiger partial charge in [-0.05, 0) is 18.5 Å². The predicted octanol–water partition coefficient (Wildman–Crippen LogP) is 0.286. The van der Waals surface area contributed by atoms with Crippen molar-refractivity contribution < 1.29 is 4.21 Å². The van der Waals surface area contributed by atoms with Crippen LogP contribution in [0.25, 0.3) is 0 Å². The van der Waals surface area contributed by atoms with Gasteiger partial charge in [0.15, 0.2) is 0 Å². The zero-order chi connectivity index (χ0) is 11.4. The van der Waals surface area contributed by atoms with Crippen LogP contribution in [0.3, 0.4) is 0 Å². The quantitative estimate of drug-likeness (QED) is 0.797. The molecular weight excluding hydrogens is 238 g/mol. The maximum atomic E-state index is 11.1. The summed E-state index contributed by atoms with van der Waals surface area (Å²) in [6, 6.07) is 0. The smallest absolute Gasteiger partial charge is 0.228 e. The minimum atomic E-state index is -0.893. The average Bonchev–Trinajstić information content (AvgIpc) is 2.12. The molecule has 0 saturated carbocycles. The average molecular weight is 250 g/mol. The number of nitrogens with zero attached hydrogens (tertiary/aromatic N) is 3. The second kappa shape index (κ2) is 5.22. The van der Waals surface area contributed by atoms with Crippen molar-refractivity contribution in [2.75, 3.05) is 23.9 Å². The summed E-state index contributed by atoms with van der Waals surface area (Å²) in [5.41, 5.74) is 5.38. The highest BCUT2D eigenvalue weighted by Crippen LogP contribution is 2.07. The van der Waals surface area contributed by atoms with E-state index < -0.39 is 10.8 Å². The summed E-state index contributed by atoms with van der Waals surface area (Å²) in [7, 11) is -0.893. The van der Waals surface area contributed by atoms with Crippen molar-refractivity contribution in [2.24, 2.45) is 0 Å². The van der Waals surface area contributed by atoms with Crippen LogP contribution >= 0.6 is 11.6 Å². The van der Waals surface area contributed by atoms with Gasteiger partial charge in [-0.15, -0.1) is 0 Å². The van der Waals surface area contributed by atoms with Crippen LogP contribution in [0.2, 0.25) is 5.28 Å². The van der Waals surface area contributed by atoms with Crippen LogP contribution in [0.4, 0.5) is 11.9 Å². The minimum Gasteiger partial charge on any atom is -0.368 e. The van der Waals surface area contributed by atoms with E-state index in [-0.39, 0.29) is 16.5 Å². The molecule has 0 aliphatic rings. The molecule has 3 N–H and O–H groups in total. The Kier molecular flexibility index (Phi) is 4.22. The zero-order valence-corrected chi connectivity index (χ0v) is 9.97. The van der Waals surface area contributed by atoms with Gasteiger partial charge in [-0.25, -0.2) is 0 Å². The SMILES string of the molecule is CC(CNc1nc(N)nc(Cl)n1)S(C)=O. The summed E-state index contributed by atoms with van der Waals surface area (Å²) in [5.74, 6) is 0.354. The molecule has 0 aliphatic heterocycles. The van der Waals surface area contributed by atoms with Crippen LogP contribution in [0.15, 0.2) is 0 Å². The van der Waals surface area contributed by atoms with Gasteiger partial charge in [0.1, 0.15) is 0 Å². The standard InChI is InChI=1S/C7H12ClN5OS/c1-4(15(2)14)3-10-7-12-5(8)11-6(9)13-7/h4H,3H2,1-2H3,(H3,9,10,11,12,13). The molecule has 1 heterocycles. The lowest BCUT2D eigenvalue weighted by Gasteiger charge is -2.09. The molecule has 0 spiro atoms. The van der Waals surface area contributed by atoms with Crippen LogP contribution in [-0.2, 0) is 10.8 Å². The number of nitrogen functional groups attached to an aromatic ring is 1.